The first-order valence-corrected chi connectivity index (χ1v) is 8.66. The van der Waals surface area contributed by atoms with Gasteiger partial charge < -0.3 is 4.42 Å². The van der Waals surface area contributed by atoms with Crippen LogP contribution in [0.25, 0.3) is 0 Å². The average Bonchev–Trinajstić information content (AvgIpc) is 3.01. The number of hydrogen-bond donors (Lipinski definition) is 1. The largest absolute Gasteiger partial charge is 0.407 e. The average molecular weight is 347 g/mol. The van der Waals surface area contributed by atoms with Crippen molar-refractivity contribution in [1.29, 1.82) is 0 Å². The molecule has 0 aliphatic carbocycles. The summed E-state index contributed by atoms with van der Waals surface area (Å²) in [6, 6.07) is 14.5. The SMILES string of the molecule is O=S(=O)(Nc1nnc(CCc2ccccc2)o1)c1ccccc1F. The Kier molecular flexibility index (Phi) is 4.57. The van der Waals surface area contributed by atoms with Crippen molar-refractivity contribution in [3.05, 3.63) is 71.9 Å². The molecule has 0 atom stereocenters. The van der Waals surface area contributed by atoms with Gasteiger partial charge in [0.2, 0.25) is 5.89 Å². The lowest BCUT2D eigenvalue weighted by atomic mass is 10.1. The first-order chi connectivity index (χ1) is 11.5. The predicted molar refractivity (Wildman–Crippen MR) is 85.4 cm³/mol. The van der Waals surface area contributed by atoms with Crippen molar-refractivity contribution in [2.45, 2.75) is 17.7 Å². The van der Waals surface area contributed by atoms with Crippen molar-refractivity contribution in [3.63, 3.8) is 0 Å². The summed E-state index contributed by atoms with van der Waals surface area (Å²) in [5, 5.41) is 7.43. The van der Waals surface area contributed by atoms with E-state index in [-0.39, 0.29) is 6.01 Å². The molecule has 6 nitrogen and oxygen atoms in total. The Morgan fingerprint density at radius 2 is 1.67 bits per heavy atom. The normalized spacial score (nSPS) is 11.4. The van der Waals surface area contributed by atoms with Crippen molar-refractivity contribution in [3.8, 4) is 0 Å². The maximum Gasteiger partial charge on any atom is 0.329 e. The van der Waals surface area contributed by atoms with Gasteiger partial charge in [-0.05, 0) is 24.1 Å². The zero-order chi connectivity index (χ0) is 17.0. The Hall–Kier alpha value is -2.74. The molecular formula is C16H14FN3O3S. The maximum absolute atomic E-state index is 13.6. The van der Waals surface area contributed by atoms with Crippen LogP contribution in [0.4, 0.5) is 10.4 Å². The molecule has 0 aliphatic heterocycles. The molecule has 0 aliphatic rings. The van der Waals surface area contributed by atoms with Gasteiger partial charge in [-0.25, -0.2) is 17.5 Å². The van der Waals surface area contributed by atoms with Crippen LogP contribution in [0.5, 0.6) is 0 Å². The molecular weight excluding hydrogens is 333 g/mol. The van der Waals surface area contributed by atoms with E-state index in [0.717, 1.165) is 17.7 Å². The highest BCUT2D eigenvalue weighted by atomic mass is 32.2. The van der Waals surface area contributed by atoms with Crippen LogP contribution in [0.1, 0.15) is 11.5 Å². The van der Waals surface area contributed by atoms with E-state index in [9.17, 15) is 12.8 Å². The van der Waals surface area contributed by atoms with Crippen LogP contribution in [0, 0.1) is 5.82 Å². The van der Waals surface area contributed by atoms with Gasteiger partial charge in [0.15, 0.2) is 0 Å². The minimum Gasteiger partial charge on any atom is -0.407 e. The van der Waals surface area contributed by atoms with Crippen molar-refractivity contribution < 1.29 is 17.2 Å². The number of rotatable bonds is 6. The Bertz CT molecular complexity index is 927. The summed E-state index contributed by atoms with van der Waals surface area (Å²) in [6.07, 6.45) is 1.15. The van der Waals surface area contributed by atoms with Crippen molar-refractivity contribution in [2.24, 2.45) is 0 Å². The van der Waals surface area contributed by atoms with Crippen molar-refractivity contribution >= 4 is 16.0 Å². The summed E-state index contributed by atoms with van der Waals surface area (Å²) in [4.78, 5) is -0.478. The number of sulfonamides is 1. The molecule has 1 N–H and O–H groups in total. The van der Waals surface area contributed by atoms with Crippen LogP contribution in [0.15, 0.2) is 63.9 Å². The second kappa shape index (κ2) is 6.79. The Morgan fingerprint density at radius 1 is 0.958 bits per heavy atom. The van der Waals surface area contributed by atoms with Gasteiger partial charge in [-0.1, -0.05) is 47.6 Å². The molecule has 0 unspecified atom stereocenters. The Labute approximate surface area is 138 Å². The maximum atomic E-state index is 13.6. The molecule has 0 saturated heterocycles. The number of nitrogens with zero attached hydrogens (tertiary/aromatic N) is 2. The minimum atomic E-state index is -4.12. The molecule has 0 bridgehead atoms. The van der Waals surface area contributed by atoms with E-state index in [1.54, 1.807) is 0 Å². The molecule has 8 heteroatoms. The van der Waals surface area contributed by atoms with Crippen LogP contribution in [-0.4, -0.2) is 18.6 Å². The smallest absolute Gasteiger partial charge is 0.329 e. The predicted octanol–water partition coefficient (Wildman–Crippen LogP) is 2.79. The number of hydrogen-bond acceptors (Lipinski definition) is 5. The number of aryl methyl sites for hydroxylation is 2. The van der Waals surface area contributed by atoms with E-state index < -0.39 is 20.7 Å². The standard InChI is InChI=1S/C16H14FN3O3S/c17-13-8-4-5-9-14(13)24(21,22)20-16-19-18-15(23-16)11-10-12-6-2-1-3-7-12/h1-9H,10-11H2,(H,19,20). The van der Waals surface area contributed by atoms with Gasteiger partial charge in [0.05, 0.1) is 0 Å². The lowest BCUT2D eigenvalue weighted by Gasteiger charge is -2.04. The van der Waals surface area contributed by atoms with E-state index in [0.29, 0.717) is 18.7 Å². The van der Waals surface area contributed by atoms with E-state index in [2.05, 4.69) is 14.9 Å². The lowest BCUT2D eigenvalue weighted by molar-refractivity contribution is 0.506. The van der Waals surface area contributed by atoms with Crippen molar-refractivity contribution in [1.82, 2.24) is 10.2 Å². The lowest BCUT2D eigenvalue weighted by Crippen LogP contribution is -2.14. The number of nitrogens with one attached hydrogen (secondary N) is 1. The summed E-state index contributed by atoms with van der Waals surface area (Å²) in [5.41, 5.74) is 1.10. The molecule has 0 amide bonds. The van der Waals surface area contributed by atoms with Gasteiger partial charge in [0, 0.05) is 6.42 Å². The minimum absolute atomic E-state index is 0.290. The molecule has 1 aromatic heterocycles. The number of anilines is 1. The second-order valence-corrected chi connectivity index (χ2v) is 6.67. The van der Waals surface area contributed by atoms with E-state index >= 15 is 0 Å². The van der Waals surface area contributed by atoms with Gasteiger partial charge in [-0.2, -0.15) is 0 Å². The van der Waals surface area contributed by atoms with Crippen molar-refractivity contribution in [2.75, 3.05) is 4.72 Å². The number of halogens is 1. The van der Waals surface area contributed by atoms with E-state index in [1.807, 2.05) is 30.3 Å². The molecule has 24 heavy (non-hydrogen) atoms. The zero-order valence-corrected chi connectivity index (χ0v) is 13.3. The molecule has 0 radical (unpaired) electrons. The fourth-order valence-electron chi connectivity index (χ4n) is 2.12. The third kappa shape index (κ3) is 3.77. The molecule has 2 aromatic carbocycles. The molecule has 0 fully saturated rings. The molecule has 0 spiro atoms. The molecule has 1 heterocycles. The van der Waals surface area contributed by atoms with E-state index in [4.69, 9.17) is 4.42 Å². The summed E-state index contributed by atoms with van der Waals surface area (Å²) < 4.78 is 45.2. The van der Waals surface area contributed by atoms with Gasteiger partial charge >= 0.3 is 6.01 Å². The third-order valence-corrected chi connectivity index (χ3v) is 4.64. The highest BCUT2D eigenvalue weighted by molar-refractivity contribution is 7.92. The molecule has 0 saturated carbocycles. The van der Waals surface area contributed by atoms with Crippen LogP contribution >= 0.6 is 0 Å². The summed E-state index contributed by atoms with van der Waals surface area (Å²) >= 11 is 0. The fourth-order valence-corrected chi connectivity index (χ4v) is 3.13. The van der Waals surface area contributed by atoms with Gasteiger partial charge in [-0.3, -0.25) is 0 Å². The Morgan fingerprint density at radius 3 is 2.42 bits per heavy atom. The van der Waals surface area contributed by atoms with Gasteiger partial charge in [0.25, 0.3) is 10.0 Å². The zero-order valence-electron chi connectivity index (χ0n) is 12.5. The molecule has 3 rings (SSSR count). The monoisotopic (exact) mass is 347 g/mol. The first-order valence-electron chi connectivity index (χ1n) is 7.18. The highest BCUT2D eigenvalue weighted by Crippen LogP contribution is 2.18. The molecule has 3 aromatic rings. The summed E-state index contributed by atoms with van der Waals surface area (Å²) in [7, 11) is -4.12. The topological polar surface area (TPSA) is 85.1 Å². The summed E-state index contributed by atoms with van der Waals surface area (Å²) in [6.45, 7) is 0. The molecule has 124 valence electrons. The third-order valence-electron chi connectivity index (χ3n) is 3.29. The number of aromatic nitrogens is 2. The fraction of sp³-hybridized carbons (Fsp3) is 0.125. The van der Waals surface area contributed by atoms with Gasteiger partial charge in [0.1, 0.15) is 10.7 Å². The van der Waals surface area contributed by atoms with Gasteiger partial charge in [-0.15, -0.1) is 5.10 Å². The first kappa shape index (κ1) is 16.1. The highest BCUT2D eigenvalue weighted by Gasteiger charge is 2.21. The quantitative estimate of drug-likeness (QED) is 0.741. The summed E-state index contributed by atoms with van der Waals surface area (Å²) in [5.74, 6) is -0.557. The van der Waals surface area contributed by atoms with Crippen LogP contribution in [0.2, 0.25) is 0 Å². The van der Waals surface area contributed by atoms with Crippen LogP contribution in [-0.2, 0) is 22.9 Å². The van der Waals surface area contributed by atoms with Crippen LogP contribution < -0.4 is 4.72 Å². The second-order valence-electron chi connectivity index (χ2n) is 5.02. The van der Waals surface area contributed by atoms with Crippen LogP contribution in [0.3, 0.4) is 0 Å². The van der Waals surface area contributed by atoms with E-state index in [1.165, 1.54) is 12.1 Å². The number of benzene rings is 2. The Balaban J connectivity index is 1.69.